The number of rotatable bonds is 2. The quantitative estimate of drug-likeness (QED) is 0.837. The predicted octanol–water partition coefficient (Wildman–Crippen LogP) is 2.88. The van der Waals surface area contributed by atoms with Gasteiger partial charge in [-0.25, -0.2) is 9.37 Å². The van der Waals surface area contributed by atoms with E-state index in [4.69, 9.17) is 5.73 Å². The van der Waals surface area contributed by atoms with Gasteiger partial charge in [-0.15, -0.1) is 0 Å². The number of thiazole rings is 1. The van der Waals surface area contributed by atoms with Gasteiger partial charge in [-0.2, -0.15) is 0 Å². The zero-order chi connectivity index (χ0) is 12.4. The number of nitrogens with two attached hydrogens (primary N) is 1. The first-order valence-electron chi connectivity index (χ1n) is 4.54. The van der Waals surface area contributed by atoms with E-state index in [-0.39, 0.29) is 11.3 Å². The lowest BCUT2D eigenvalue weighted by Crippen LogP contribution is -2.13. The summed E-state index contributed by atoms with van der Waals surface area (Å²) in [7, 11) is 0. The van der Waals surface area contributed by atoms with Crippen LogP contribution in [-0.2, 0) is 0 Å². The van der Waals surface area contributed by atoms with Gasteiger partial charge < -0.3 is 5.73 Å². The van der Waals surface area contributed by atoms with Crippen LogP contribution in [-0.4, -0.2) is 10.9 Å². The number of aromatic nitrogens is 1. The Morgan fingerprint density at radius 2 is 2.29 bits per heavy atom. The summed E-state index contributed by atoms with van der Waals surface area (Å²) in [4.78, 5) is 15.7. The van der Waals surface area contributed by atoms with Gasteiger partial charge >= 0.3 is 0 Å². The molecule has 7 heteroatoms. The third kappa shape index (κ3) is 2.80. The third-order valence-electron chi connectivity index (χ3n) is 1.96. The fourth-order valence-electron chi connectivity index (χ4n) is 1.22. The summed E-state index contributed by atoms with van der Waals surface area (Å²) in [6.45, 7) is 0. The molecule has 1 heterocycles. The topological polar surface area (TPSA) is 68.0 Å². The largest absolute Gasteiger partial charge is 0.398 e. The highest BCUT2D eigenvalue weighted by Crippen LogP contribution is 2.24. The van der Waals surface area contributed by atoms with E-state index in [0.29, 0.717) is 5.13 Å². The molecule has 0 saturated carbocycles. The lowest BCUT2D eigenvalue weighted by atomic mass is 10.1. The van der Waals surface area contributed by atoms with Crippen molar-refractivity contribution in [3.8, 4) is 0 Å². The Morgan fingerprint density at radius 1 is 1.53 bits per heavy atom. The molecule has 0 spiro atoms. The van der Waals surface area contributed by atoms with Crippen LogP contribution in [0.5, 0.6) is 0 Å². The molecule has 0 aliphatic rings. The van der Waals surface area contributed by atoms with E-state index in [2.05, 4.69) is 26.2 Å². The summed E-state index contributed by atoms with van der Waals surface area (Å²) < 4.78 is 13.6. The van der Waals surface area contributed by atoms with Crippen molar-refractivity contribution < 1.29 is 9.18 Å². The summed E-state index contributed by atoms with van der Waals surface area (Å²) >= 11 is 4.51. The van der Waals surface area contributed by atoms with E-state index >= 15 is 0 Å². The molecular weight excluding hydrogens is 309 g/mol. The smallest absolute Gasteiger partial charge is 0.259 e. The van der Waals surface area contributed by atoms with Gasteiger partial charge in [0.25, 0.3) is 5.91 Å². The van der Waals surface area contributed by atoms with Crippen LogP contribution in [0.2, 0.25) is 0 Å². The van der Waals surface area contributed by atoms with Gasteiger partial charge in [0.2, 0.25) is 0 Å². The van der Waals surface area contributed by atoms with E-state index in [0.717, 1.165) is 9.85 Å². The number of nitrogens with zero attached hydrogens (tertiary/aromatic N) is 1. The number of halogens is 2. The molecule has 1 aromatic carbocycles. The van der Waals surface area contributed by atoms with Crippen molar-refractivity contribution in [2.75, 3.05) is 11.1 Å². The highest BCUT2D eigenvalue weighted by Gasteiger charge is 2.12. The molecule has 2 aromatic rings. The number of amides is 1. The minimum atomic E-state index is -0.476. The molecule has 0 aliphatic heterocycles. The second-order valence-electron chi connectivity index (χ2n) is 3.16. The lowest BCUT2D eigenvalue weighted by Gasteiger charge is -2.04. The molecule has 0 unspecified atom stereocenters. The number of carbonyl (C=O) groups is 1. The second kappa shape index (κ2) is 4.80. The molecule has 0 bridgehead atoms. The summed E-state index contributed by atoms with van der Waals surface area (Å²) in [5.41, 5.74) is 5.87. The Balaban J connectivity index is 2.20. The number of nitrogen functional groups attached to an aromatic ring is 1. The Labute approximate surface area is 109 Å². The molecule has 88 valence electrons. The maximum Gasteiger partial charge on any atom is 0.259 e. The molecule has 0 radical (unpaired) electrons. The van der Waals surface area contributed by atoms with Gasteiger partial charge in [0.05, 0.1) is 15.5 Å². The Hall–Kier alpha value is -1.47. The van der Waals surface area contributed by atoms with E-state index < -0.39 is 11.7 Å². The van der Waals surface area contributed by atoms with E-state index in [1.54, 1.807) is 6.20 Å². The van der Waals surface area contributed by atoms with Crippen LogP contribution in [0.15, 0.2) is 28.2 Å². The third-order valence-corrected chi connectivity index (χ3v) is 3.35. The van der Waals surface area contributed by atoms with Gasteiger partial charge in [0, 0.05) is 5.69 Å². The first-order chi connectivity index (χ1) is 8.06. The number of carbonyl (C=O) groups excluding carboxylic acids is 1. The fourth-order valence-corrected chi connectivity index (χ4v) is 2.32. The SMILES string of the molecule is Nc1cc(F)ccc1C(=O)Nc1ncc(Br)s1. The predicted molar refractivity (Wildman–Crippen MR) is 68.6 cm³/mol. The molecule has 4 nitrogen and oxygen atoms in total. The molecule has 0 aliphatic carbocycles. The molecule has 0 saturated heterocycles. The number of hydrogen-bond donors (Lipinski definition) is 2. The van der Waals surface area contributed by atoms with Gasteiger partial charge in [0.15, 0.2) is 5.13 Å². The van der Waals surface area contributed by atoms with Crippen molar-refractivity contribution in [3.63, 3.8) is 0 Å². The van der Waals surface area contributed by atoms with Gasteiger partial charge in [-0.05, 0) is 34.1 Å². The Morgan fingerprint density at radius 3 is 2.88 bits per heavy atom. The minimum Gasteiger partial charge on any atom is -0.398 e. The summed E-state index contributed by atoms with van der Waals surface area (Å²) in [6, 6.07) is 3.62. The molecule has 2 rings (SSSR count). The van der Waals surface area contributed by atoms with Crippen molar-refractivity contribution in [3.05, 3.63) is 39.6 Å². The summed E-state index contributed by atoms with van der Waals surface area (Å²) in [5.74, 6) is -0.889. The molecule has 0 atom stereocenters. The second-order valence-corrected chi connectivity index (χ2v) is 5.57. The standard InChI is InChI=1S/C10H7BrFN3OS/c11-8-4-14-10(17-8)15-9(16)6-2-1-5(12)3-7(6)13/h1-4H,13H2,(H,14,15,16). The van der Waals surface area contributed by atoms with Crippen molar-refractivity contribution >= 4 is 44.0 Å². The Bertz CT molecular complexity index is 572. The average molecular weight is 316 g/mol. The highest BCUT2D eigenvalue weighted by molar-refractivity contribution is 9.11. The molecule has 0 fully saturated rings. The minimum absolute atomic E-state index is 0.0955. The van der Waals surface area contributed by atoms with Gasteiger partial charge in [-0.1, -0.05) is 11.3 Å². The number of benzene rings is 1. The van der Waals surface area contributed by atoms with Crippen LogP contribution in [0.1, 0.15) is 10.4 Å². The highest BCUT2D eigenvalue weighted by atomic mass is 79.9. The molecule has 17 heavy (non-hydrogen) atoms. The van der Waals surface area contributed by atoms with Crippen LogP contribution in [0.25, 0.3) is 0 Å². The number of anilines is 2. The fraction of sp³-hybridized carbons (Fsp3) is 0. The van der Waals surface area contributed by atoms with Crippen LogP contribution in [0.3, 0.4) is 0 Å². The molecular formula is C10H7BrFN3OS. The van der Waals surface area contributed by atoms with Gasteiger partial charge in [0.1, 0.15) is 5.82 Å². The van der Waals surface area contributed by atoms with Crippen LogP contribution >= 0.6 is 27.3 Å². The van der Waals surface area contributed by atoms with Crippen LogP contribution < -0.4 is 11.1 Å². The number of nitrogens with one attached hydrogen (secondary N) is 1. The first-order valence-corrected chi connectivity index (χ1v) is 6.15. The van der Waals surface area contributed by atoms with E-state index in [1.807, 2.05) is 0 Å². The first kappa shape index (κ1) is 12.0. The van der Waals surface area contributed by atoms with E-state index in [9.17, 15) is 9.18 Å². The van der Waals surface area contributed by atoms with Crippen molar-refractivity contribution in [2.45, 2.75) is 0 Å². The average Bonchev–Trinajstić information content (AvgIpc) is 2.63. The zero-order valence-electron chi connectivity index (χ0n) is 8.41. The normalized spacial score (nSPS) is 10.2. The summed E-state index contributed by atoms with van der Waals surface area (Å²) in [5, 5.41) is 3.02. The van der Waals surface area contributed by atoms with E-state index in [1.165, 1.54) is 23.5 Å². The van der Waals surface area contributed by atoms with Crippen LogP contribution in [0.4, 0.5) is 15.2 Å². The van der Waals surface area contributed by atoms with Crippen LogP contribution in [0, 0.1) is 5.82 Å². The number of hydrogen-bond acceptors (Lipinski definition) is 4. The van der Waals surface area contributed by atoms with Crippen molar-refractivity contribution in [2.24, 2.45) is 0 Å². The van der Waals surface area contributed by atoms with Crippen molar-refractivity contribution in [1.82, 2.24) is 4.98 Å². The maximum absolute atomic E-state index is 12.8. The Kier molecular flexibility index (Phi) is 3.39. The summed E-state index contributed by atoms with van der Waals surface area (Å²) in [6.07, 6.45) is 1.58. The van der Waals surface area contributed by atoms with Gasteiger partial charge in [-0.3, -0.25) is 10.1 Å². The molecule has 1 aromatic heterocycles. The maximum atomic E-state index is 12.8. The van der Waals surface area contributed by atoms with Crippen molar-refractivity contribution in [1.29, 1.82) is 0 Å². The monoisotopic (exact) mass is 315 g/mol. The zero-order valence-corrected chi connectivity index (χ0v) is 10.8. The molecule has 1 amide bonds. The lowest BCUT2D eigenvalue weighted by molar-refractivity contribution is 0.102. The molecule has 3 N–H and O–H groups in total.